The van der Waals surface area contributed by atoms with Crippen molar-refractivity contribution >= 4 is 21.7 Å². The van der Waals surface area contributed by atoms with Crippen molar-refractivity contribution in [3.63, 3.8) is 0 Å². The summed E-state index contributed by atoms with van der Waals surface area (Å²) in [7, 11) is 1.06. The quantitative estimate of drug-likeness (QED) is 0.466. The van der Waals surface area contributed by atoms with Crippen molar-refractivity contribution in [3.05, 3.63) is 48.0 Å². The zero-order chi connectivity index (χ0) is 22.1. The van der Waals surface area contributed by atoms with E-state index in [9.17, 15) is 8.42 Å². The fourth-order valence-electron chi connectivity index (χ4n) is 2.71. The van der Waals surface area contributed by atoms with Crippen molar-refractivity contribution in [1.82, 2.24) is 9.62 Å². The monoisotopic (exact) mass is 434 g/mol. The van der Waals surface area contributed by atoms with E-state index in [4.69, 9.17) is 9.47 Å². The van der Waals surface area contributed by atoms with Gasteiger partial charge in [0.15, 0.2) is 17.5 Å². The van der Waals surface area contributed by atoms with Gasteiger partial charge in [0.2, 0.25) is 10.0 Å². The number of hydrogen-bond donors (Lipinski definition) is 2. The first-order chi connectivity index (χ1) is 14.3. The van der Waals surface area contributed by atoms with Gasteiger partial charge >= 0.3 is 0 Å². The van der Waals surface area contributed by atoms with Crippen LogP contribution in [0.3, 0.4) is 0 Å². The summed E-state index contributed by atoms with van der Waals surface area (Å²) >= 11 is 0. The molecule has 2 N–H and O–H groups in total. The van der Waals surface area contributed by atoms with Gasteiger partial charge in [-0.15, -0.1) is 0 Å². The maximum Gasteiger partial charge on any atom is 0.242 e. The normalized spacial score (nSPS) is 12.0. The molecule has 0 saturated carbocycles. The molecule has 164 valence electrons. The maximum atomic E-state index is 12.6. The first-order valence-corrected chi connectivity index (χ1v) is 11.1. The number of rotatable bonds is 9. The van der Waals surface area contributed by atoms with E-state index >= 15 is 0 Å². The molecule has 2 aromatic rings. The number of methoxy groups -OCH3 is 1. The molecule has 2 aromatic carbocycles. The zero-order valence-corrected chi connectivity index (χ0v) is 18.9. The molecule has 0 spiro atoms. The van der Waals surface area contributed by atoms with Crippen LogP contribution in [0.4, 0.5) is 5.69 Å². The van der Waals surface area contributed by atoms with Crippen molar-refractivity contribution in [2.75, 3.05) is 39.7 Å². The van der Waals surface area contributed by atoms with E-state index < -0.39 is 10.0 Å². The SMILES string of the molecule is CCNC(=NCc1ccccc1S(=O)(=O)N(C)C)Nc1ccc(OCC)c(OC)c1. The molecule has 0 saturated heterocycles. The Morgan fingerprint density at radius 1 is 1.10 bits per heavy atom. The van der Waals surface area contributed by atoms with Gasteiger partial charge in [-0.25, -0.2) is 17.7 Å². The number of sulfonamides is 1. The average Bonchev–Trinajstić information content (AvgIpc) is 2.73. The highest BCUT2D eigenvalue weighted by atomic mass is 32.2. The van der Waals surface area contributed by atoms with Crippen LogP contribution in [0.5, 0.6) is 11.5 Å². The van der Waals surface area contributed by atoms with Crippen molar-refractivity contribution in [2.45, 2.75) is 25.3 Å². The highest BCUT2D eigenvalue weighted by Crippen LogP contribution is 2.30. The molecular formula is C21H30N4O4S. The number of nitrogens with one attached hydrogen (secondary N) is 2. The molecule has 30 heavy (non-hydrogen) atoms. The number of ether oxygens (including phenoxy) is 2. The second-order valence-electron chi connectivity index (χ2n) is 6.51. The Labute approximate surface area is 179 Å². The number of anilines is 1. The van der Waals surface area contributed by atoms with Crippen molar-refractivity contribution < 1.29 is 17.9 Å². The number of aliphatic imine (C=N–C) groups is 1. The molecule has 0 aliphatic carbocycles. The molecule has 9 heteroatoms. The Morgan fingerprint density at radius 2 is 1.83 bits per heavy atom. The Balaban J connectivity index is 2.28. The lowest BCUT2D eigenvalue weighted by molar-refractivity contribution is 0.311. The smallest absolute Gasteiger partial charge is 0.242 e. The van der Waals surface area contributed by atoms with Crippen LogP contribution in [-0.2, 0) is 16.6 Å². The van der Waals surface area contributed by atoms with Gasteiger partial charge in [0.05, 0.1) is 25.2 Å². The van der Waals surface area contributed by atoms with Crippen LogP contribution < -0.4 is 20.1 Å². The van der Waals surface area contributed by atoms with Crippen molar-refractivity contribution in [2.24, 2.45) is 4.99 Å². The Kier molecular flexibility index (Phi) is 8.49. The molecule has 0 unspecified atom stereocenters. The van der Waals surface area contributed by atoms with Gasteiger partial charge < -0.3 is 20.1 Å². The maximum absolute atomic E-state index is 12.6. The van der Waals surface area contributed by atoms with Gasteiger partial charge in [-0.1, -0.05) is 18.2 Å². The number of benzene rings is 2. The molecule has 0 aromatic heterocycles. The lowest BCUT2D eigenvalue weighted by Crippen LogP contribution is -2.30. The fraction of sp³-hybridized carbons (Fsp3) is 0.381. The molecule has 0 fully saturated rings. The highest BCUT2D eigenvalue weighted by molar-refractivity contribution is 7.89. The number of hydrogen-bond acceptors (Lipinski definition) is 5. The third kappa shape index (κ3) is 5.87. The molecule has 0 heterocycles. The summed E-state index contributed by atoms with van der Waals surface area (Å²) in [6, 6.07) is 12.4. The standard InChI is InChI=1S/C21H30N4O4S/c1-6-22-21(24-17-12-13-18(29-7-2)19(14-17)28-5)23-15-16-10-8-9-11-20(16)30(26,27)25(3)4/h8-14H,6-7,15H2,1-5H3,(H2,22,23,24). The third-order valence-electron chi connectivity index (χ3n) is 4.21. The summed E-state index contributed by atoms with van der Waals surface area (Å²) in [4.78, 5) is 4.81. The molecule has 0 atom stereocenters. The van der Waals surface area contributed by atoms with Crippen LogP contribution in [0.2, 0.25) is 0 Å². The largest absolute Gasteiger partial charge is 0.493 e. The van der Waals surface area contributed by atoms with E-state index in [2.05, 4.69) is 15.6 Å². The summed E-state index contributed by atoms with van der Waals surface area (Å²) in [6.07, 6.45) is 0. The van der Waals surface area contributed by atoms with E-state index in [1.165, 1.54) is 18.4 Å². The number of guanidine groups is 1. The van der Waals surface area contributed by atoms with Gasteiger partial charge in [0, 0.05) is 32.4 Å². The van der Waals surface area contributed by atoms with E-state index in [0.29, 0.717) is 36.2 Å². The molecular weight excluding hydrogens is 404 g/mol. The minimum absolute atomic E-state index is 0.201. The van der Waals surface area contributed by atoms with Crippen LogP contribution in [0.1, 0.15) is 19.4 Å². The summed E-state index contributed by atoms with van der Waals surface area (Å²) in [5.74, 6) is 1.80. The van der Waals surface area contributed by atoms with E-state index in [1.54, 1.807) is 31.4 Å². The highest BCUT2D eigenvalue weighted by Gasteiger charge is 2.20. The summed E-state index contributed by atoms with van der Waals surface area (Å²) in [6.45, 7) is 5.27. The molecule has 0 aliphatic rings. The van der Waals surface area contributed by atoms with Crippen LogP contribution in [0.15, 0.2) is 52.4 Å². The van der Waals surface area contributed by atoms with Gasteiger partial charge in [0.25, 0.3) is 0 Å². The summed E-state index contributed by atoms with van der Waals surface area (Å²) in [5.41, 5.74) is 1.39. The average molecular weight is 435 g/mol. The second kappa shape index (κ2) is 10.8. The minimum atomic E-state index is -3.55. The lowest BCUT2D eigenvalue weighted by atomic mass is 10.2. The first kappa shape index (κ1) is 23.5. The number of nitrogens with zero attached hydrogens (tertiary/aromatic N) is 2. The zero-order valence-electron chi connectivity index (χ0n) is 18.1. The first-order valence-electron chi connectivity index (χ1n) is 9.70. The van der Waals surface area contributed by atoms with E-state index in [1.807, 2.05) is 32.0 Å². The van der Waals surface area contributed by atoms with Gasteiger partial charge in [-0.3, -0.25) is 0 Å². The Morgan fingerprint density at radius 3 is 2.47 bits per heavy atom. The van der Waals surface area contributed by atoms with Crippen molar-refractivity contribution in [3.8, 4) is 11.5 Å². The topological polar surface area (TPSA) is 92.3 Å². The molecule has 0 radical (unpaired) electrons. The predicted molar refractivity (Wildman–Crippen MR) is 120 cm³/mol. The van der Waals surface area contributed by atoms with Gasteiger partial charge in [-0.2, -0.15) is 0 Å². The van der Waals surface area contributed by atoms with Crippen LogP contribution in [0.25, 0.3) is 0 Å². The third-order valence-corrected chi connectivity index (χ3v) is 6.12. The van der Waals surface area contributed by atoms with E-state index in [-0.39, 0.29) is 11.4 Å². The second-order valence-corrected chi connectivity index (χ2v) is 8.63. The Bertz CT molecular complexity index is 975. The predicted octanol–water partition coefficient (Wildman–Crippen LogP) is 2.92. The summed E-state index contributed by atoms with van der Waals surface area (Å²) in [5, 5.41) is 6.39. The molecule has 0 aliphatic heterocycles. The lowest BCUT2D eigenvalue weighted by Gasteiger charge is -2.16. The molecule has 0 bridgehead atoms. The fourth-order valence-corrected chi connectivity index (χ4v) is 3.82. The Hall–Kier alpha value is -2.78. The van der Waals surface area contributed by atoms with E-state index in [0.717, 1.165) is 5.69 Å². The van der Waals surface area contributed by atoms with Crippen molar-refractivity contribution in [1.29, 1.82) is 0 Å². The minimum Gasteiger partial charge on any atom is -0.493 e. The van der Waals surface area contributed by atoms with Gasteiger partial charge in [-0.05, 0) is 37.6 Å². The van der Waals surface area contributed by atoms with Crippen LogP contribution in [0, 0.1) is 0 Å². The van der Waals surface area contributed by atoms with Gasteiger partial charge in [0.1, 0.15) is 0 Å². The molecule has 8 nitrogen and oxygen atoms in total. The molecule has 0 amide bonds. The van der Waals surface area contributed by atoms with Crippen LogP contribution in [-0.4, -0.2) is 53.0 Å². The summed E-state index contributed by atoms with van der Waals surface area (Å²) < 4.78 is 37.3. The molecule has 2 rings (SSSR count). The van der Waals surface area contributed by atoms with Crippen LogP contribution >= 0.6 is 0 Å².